The molecule has 0 aliphatic carbocycles. The monoisotopic (exact) mass is 248 g/mol. The first-order valence-corrected chi connectivity index (χ1v) is 4.89. The van der Waals surface area contributed by atoms with Crippen LogP contribution in [0.3, 0.4) is 0 Å². The third-order valence-corrected chi connectivity index (χ3v) is 2.32. The Morgan fingerprint density at radius 1 is 1.50 bits per heavy atom. The van der Waals surface area contributed by atoms with E-state index >= 15 is 0 Å². The predicted molar refractivity (Wildman–Crippen MR) is 59.7 cm³/mol. The zero-order valence-corrected chi connectivity index (χ0v) is 9.27. The van der Waals surface area contributed by atoms with Gasteiger partial charge in [0, 0.05) is 18.5 Å². The highest BCUT2D eigenvalue weighted by Crippen LogP contribution is 2.22. The molecular weight excluding hydrogens is 240 g/mol. The van der Waals surface area contributed by atoms with Crippen molar-refractivity contribution in [1.29, 1.82) is 0 Å². The van der Waals surface area contributed by atoms with E-state index < -0.39 is 10.9 Å². The number of rotatable bonds is 3. The van der Waals surface area contributed by atoms with Crippen LogP contribution in [0.5, 0.6) is 0 Å². The van der Waals surface area contributed by atoms with Gasteiger partial charge in [-0.25, -0.2) is 14.8 Å². The number of pyridine rings is 1. The van der Waals surface area contributed by atoms with Crippen molar-refractivity contribution in [2.75, 3.05) is 0 Å². The second-order valence-electron chi connectivity index (χ2n) is 3.45. The molecule has 2 aromatic rings. The van der Waals surface area contributed by atoms with Gasteiger partial charge in [-0.15, -0.1) is 0 Å². The van der Waals surface area contributed by atoms with E-state index in [0.717, 1.165) is 12.1 Å². The van der Waals surface area contributed by atoms with E-state index in [1.807, 2.05) is 0 Å². The summed E-state index contributed by atoms with van der Waals surface area (Å²) in [6, 6.07) is 2.21. The van der Waals surface area contributed by atoms with Gasteiger partial charge in [-0.05, 0) is 13.0 Å². The van der Waals surface area contributed by atoms with E-state index in [-0.39, 0.29) is 17.2 Å². The molecular formula is C10H8N4O4. The molecule has 18 heavy (non-hydrogen) atoms. The summed E-state index contributed by atoms with van der Waals surface area (Å²) in [6.45, 7) is 1.64. The lowest BCUT2D eigenvalue weighted by Gasteiger charge is -2.05. The van der Waals surface area contributed by atoms with Crippen LogP contribution in [0.4, 0.5) is 5.69 Å². The molecule has 8 heteroatoms. The first kappa shape index (κ1) is 11.7. The summed E-state index contributed by atoms with van der Waals surface area (Å²) >= 11 is 0. The Bertz CT molecular complexity index is 635. The highest BCUT2D eigenvalue weighted by Gasteiger charge is 2.20. The Hall–Kier alpha value is -2.77. The second-order valence-corrected chi connectivity index (χ2v) is 3.45. The SMILES string of the molecule is Cc1nccn1-c1nc(C(=O)O)ccc1[N+](=O)[O-]. The summed E-state index contributed by atoms with van der Waals surface area (Å²) in [5.74, 6) is -0.827. The zero-order chi connectivity index (χ0) is 13.3. The topological polar surface area (TPSA) is 111 Å². The van der Waals surface area contributed by atoms with Gasteiger partial charge in [-0.2, -0.15) is 0 Å². The number of aromatic carboxylic acids is 1. The molecule has 0 unspecified atom stereocenters. The molecule has 0 saturated carbocycles. The van der Waals surface area contributed by atoms with Gasteiger partial charge >= 0.3 is 11.7 Å². The number of aromatic nitrogens is 3. The van der Waals surface area contributed by atoms with Gasteiger partial charge in [0.15, 0.2) is 5.69 Å². The molecule has 2 rings (SSSR count). The van der Waals surface area contributed by atoms with Gasteiger partial charge in [-0.1, -0.05) is 0 Å². The standard InChI is InChI=1S/C10H8N4O4/c1-6-11-4-5-13(6)9-8(14(17)18)3-2-7(12-9)10(15)16/h2-5H,1H3,(H,15,16). The van der Waals surface area contributed by atoms with E-state index in [1.54, 1.807) is 6.92 Å². The van der Waals surface area contributed by atoms with E-state index in [4.69, 9.17) is 5.11 Å². The minimum atomic E-state index is -1.25. The van der Waals surface area contributed by atoms with Gasteiger partial charge < -0.3 is 5.11 Å². The van der Waals surface area contributed by atoms with Gasteiger partial charge in [0.25, 0.3) is 0 Å². The largest absolute Gasteiger partial charge is 0.477 e. The van der Waals surface area contributed by atoms with Gasteiger partial charge in [0.2, 0.25) is 5.82 Å². The summed E-state index contributed by atoms with van der Waals surface area (Å²) in [4.78, 5) is 28.8. The maximum Gasteiger partial charge on any atom is 0.354 e. The average Bonchev–Trinajstić information content (AvgIpc) is 2.74. The first-order valence-electron chi connectivity index (χ1n) is 4.89. The summed E-state index contributed by atoms with van der Waals surface area (Å²) in [5.41, 5.74) is -0.537. The molecule has 2 aromatic heterocycles. The lowest BCUT2D eigenvalue weighted by atomic mass is 10.3. The van der Waals surface area contributed by atoms with Crippen LogP contribution in [0.1, 0.15) is 16.3 Å². The van der Waals surface area contributed by atoms with Crippen molar-refractivity contribution < 1.29 is 14.8 Å². The molecule has 0 aliphatic rings. The minimum absolute atomic E-state index is 0.0603. The number of nitrogens with zero attached hydrogens (tertiary/aromatic N) is 4. The highest BCUT2D eigenvalue weighted by molar-refractivity contribution is 5.86. The summed E-state index contributed by atoms with van der Waals surface area (Å²) in [5, 5.41) is 19.7. The van der Waals surface area contributed by atoms with Crippen LogP contribution in [-0.4, -0.2) is 30.5 Å². The number of hydrogen-bond donors (Lipinski definition) is 1. The quantitative estimate of drug-likeness (QED) is 0.644. The number of nitro groups is 1. The van der Waals surface area contributed by atoms with E-state index in [2.05, 4.69) is 9.97 Å². The molecule has 0 spiro atoms. The summed E-state index contributed by atoms with van der Waals surface area (Å²) in [7, 11) is 0. The van der Waals surface area contributed by atoms with E-state index in [9.17, 15) is 14.9 Å². The fourth-order valence-electron chi connectivity index (χ4n) is 1.48. The van der Waals surface area contributed by atoms with E-state index in [1.165, 1.54) is 17.0 Å². The molecule has 0 radical (unpaired) electrons. The Balaban J connectivity index is 2.69. The third-order valence-electron chi connectivity index (χ3n) is 2.32. The van der Waals surface area contributed by atoms with Crippen molar-refractivity contribution in [2.45, 2.75) is 6.92 Å². The van der Waals surface area contributed by atoms with Crippen molar-refractivity contribution >= 4 is 11.7 Å². The van der Waals surface area contributed by atoms with E-state index in [0.29, 0.717) is 5.82 Å². The van der Waals surface area contributed by atoms with Gasteiger partial charge in [0.1, 0.15) is 5.82 Å². The second kappa shape index (κ2) is 4.24. The maximum atomic E-state index is 10.9. The molecule has 0 bridgehead atoms. The molecule has 2 heterocycles. The number of carboxylic acids is 1. The van der Waals surface area contributed by atoms with Crippen LogP contribution in [0, 0.1) is 17.0 Å². The molecule has 0 amide bonds. The molecule has 0 fully saturated rings. The van der Waals surface area contributed by atoms with Crippen LogP contribution in [0.2, 0.25) is 0 Å². The number of aryl methyl sites for hydroxylation is 1. The minimum Gasteiger partial charge on any atom is -0.477 e. The molecule has 0 saturated heterocycles. The van der Waals surface area contributed by atoms with Gasteiger partial charge in [0.05, 0.1) is 4.92 Å². The first-order chi connectivity index (χ1) is 8.50. The number of carboxylic acid groups (broad SMARTS) is 1. The van der Waals surface area contributed by atoms with Crippen molar-refractivity contribution in [3.8, 4) is 5.82 Å². The Labute approximate surface area is 101 Å². The summed E-state index contributed by atoms with van der Waals surface area (Å²) < 4.78 is 1.37. The van der Waals surface area contributed by atoms with Crippen molar-refractivity contribution in [3.63, 3.8) is 0 Å². The number of carbonyl (C=O) groups is 1. The maximum absolute atomic E-state index is 10.9. The molecule has 0 aromatic carbocycles. The fourth-order valence-corrected chi connectivity index (χ4v) is 1.48. The average molecular weight is 248 g/mol. The lowest BCUT2D eigenvalue weighted by molar-refractivity contribution is -0.384. The zero-order valence-electron chi connectivity index (χ0n) is 9.27. The lowest BCUT2D eigenvalue weighted by Crippen LogP contribution is -2.08. The number of hydrogen-bond acceptors (Lipinski definition) is 5. The van der Waals surface area contributed by atoms with Crippen LogP contribution < -0.4 is 0 Å². The molecule has 1 N–H and O–H groups in total. The molecule has 92 valence electrons. The predicted octanol–water partition coefficient (Wildman–Crippen LogP) is 1.18. The molecule has 8 nitrogen and oxygen atoms in total. The third kappa shape index (κ3) is 1.90. The smallest absolute Gasteiger partial charge is 0.354 e. The van der Waals surface area contributed by atoms with Crippen LogP contribution in [0.15, 0.2) is 24.5 Å². The van der Waals surface area contributed by atoms with Crippen LogP contribution in [0.25, 0.3) is 5.82 Å². The van der Waals surface area contributed by atoms with Crippen molar-refractivity contribution in [2.24, 2.45) is 0 Å². The molecule has 0 aliphatic heterocycles. The fraction of sp³-hybridized carbons (Fsp3) is 0.100. The Morgan fingerprint density at radius 3 is 2.72 bits per heavy atom. The summed E-state index contributed by atoms with van der Waals surface area (Å²) in [6.07, 6.45) is 2.93. The van der Waals surface area contributed by atoms with Gasteiger partial charge in [-0.3, -0.25) is 14.7 Å². The number of imidazole rings is 1. The highest BCUT2D eigenvalue weighted by atomic mass is 16.6. The van der Waals surface area contributed by atoms with Crippen molar-refractivity contribution in [3.05, 3.63) is 46.2 Å². The van der Waals surface area contributed by atoms with Crippen LogP contribution in [-0.2, 0) is 0 Å². The normalized spacial score (nSPS) is 10.3. The van der Waals surface area contributed by atoms with Crippen molar-refractivity contribution in [1.82, 2.24) is 14.5 Å². The molecule has 0 atom stereocenters. The van der Waals surface area contributed by atoms with Crippen LogP contribution >= 0.6 is 0 Å². The Kier molecular flexibility index (Phi) is 2.76. The Morgan fingerprint density at radius 2 is 2.22 bits per heavy atom.